The molecule has 0 unspecified atom stereocenters. The highest BCUT2D eigenvalue weighted by atomic mass is 35.5. The molecule has 0 fully saturated rings. The van der Waals surface area contributed by atoms with Gasteiger partial charge in [-0.25, -0.2) is 17.7 Å². The van der Waals surface area contributed by atoms with E-state index in [1.165, 1.54) is 37.6 Å². The number of sulfonamides is 1. The number of halogens is 1. The Balaban J connectivity index is 0.00000385. The zero-order valence-corrected chi connectivity index (χ0v) is 22.2. The molecular weight excluding hydrogens is 480 g/mol. The SMILES string of the molecule is Cc1ccc2sc(N(CCCN(C)C)C(=O)c3ccc(S(=O)(=O)N(C)C)cc3)nc2c1C.[Cl-]. The van der Waals surface area contributed by atoms with E-state index in [1.54, 1.807) is 17.0 Å². The van der Waals surface area contributed by atoms with Crippen molar-refractivity contribution in [3.05, 3.63) is 53.1 Å². The van der Waals surface area contributed by atoms with Gasteiger partial charge in [-0.05, 0) is 82.4 Å². The lowest BCUT2D eigenvalue weighted by Crippen LogP contribution is -3.00. The third kappa shape index (κ3) is 5.91. The molecule has 0 aliphatic heterocycles. The number of benzene rings is 2. The average molecular weight is 510 g/mol. The second kappa shape index (κ2) is 10.9. The number of amides is 1. The van der Waals surface area contributed by atoms with E-state index in [2.05, 4.69) is 17.9 Å². The van der Waals surface area contributed by atoms with E-state index in [0.29, 0.717) is 17.2 Å². The molecule has 0 saturated heterocycles. The molecule has 1 aromatic heterocycles. The number of carbonyl (C=O) groups excluding carboxylic acids is 1. The molecule has 0 radical (unpaired) electrons. The molecule has 0 bridgehead atoms. The summed E-state index contributed by atoms with van der Waals surface area (Å²) in [6.45, 7) is 5.46. The zero-order valence-electron chi connectivity index (χ0n) is 19.8. The number of fused-ring (bicyclic) bond motifs is 1. The highest BCUT2D eigenvalue weighted by Gasteiger charge is 2.23. The van der Waals surface area contributed by atoms with Gasteiger partial charge in [0.1, 0.15) is 0 Å². The van der Waals surface area contributed by atoms with Crippen LogP contribution in [0.5, 0.6) is 0 Å². The number of hydrogen-bond acceptors (Lipinski definition) is 6. The molecule has 33 heavy (non-hydrogen) atoms. The molecule has 0 spiro atoms. The predicted molar refractivity (Wildman–Crippen MR) is 131 cm³/mol. The van der Waals surface area contributed by atoms with Gasteiger partial charge in [0.25, 0.3) is 5.91 Å². The summed E-state index contributed by atoms with van der Waals surface area (Å²) in [5, 5.41) is 0.655. The van der Waals surface area contributed by atoms with Crippen LogP contribution >= 0.6 is 11.3 Å². The van der Waals surface area contributed by atoms with Crippen molar-refractivity contribution < 1.29 is 25.6 Å². The summed E-state index contributed by atoms with van der Waals surface area (Å²) in [5.74, 6) is -0.189. The van der Waals surface area contributed by atoms with Crippen molar-refractivity contribution in [3.8, 4) is 0 Å². The third-order valence-corrected chi connectivity index (χ3v) is 8.29. The normalized spacial score (nSPS) is 11.8. The standard InChI is InChI=1S/C23H30N4O3S2.ClH/c1-16-8-13-20-21(17(16)2)24-23(31-20)27(15-7-14-25(3)4)22(28)18-9-11-19(12-10-18)32(29,30)26(5)6;/h8-13H,7,14-15H2,1-6H3;1H/p-1. The number of rotatable bonds is 8. The highest BCUT2D eigenvalue weighted by molar-refractivity contribution is 7.89. The Bertz CT molecular complexity index is 1220. The summed E-state index contributed by atoms with van der Waals surface area (Å²) in [5.41, 5.74) is 3.63. The molecule has 1 amide bonds. The van der Waals surface area contributed by atoms with Crippen LogP contribution in [0.2, 0.25) is 0 Å². The Kier molecular flexibility index (Phi) is 9.01. The first-order valence-electron chi connectivity index (χ1n) is 10.4. The molecule has 3 aromatic rings. The first-order valence-corrected chi connectivity index (χ1v) is 12.6. The van der Waals surface area contributed by atoms with Crippen molar-refractivity contribution >= 4 is 42.6 Å². The van der Waals surface area contributed by atoms with Crippen LogP contribution in [0.1, 0.15) is 27.9 Å². The summed E-state index contributed by atoms with van der Waals surface area (Å²) < 4.78 is 26.9. The average Bonchev–Trinajstić information content (AvgIpc) is 3.18. The lowest BCUT2D eigenvalue weighted by atomic mass is 10.1. The van der Waals surface area contributed by atoms with Crippen molar-refractivity contribution in [2.45, 2.75) is 25.2 Å². The van der Waals surface area contributed by atoms with Crippen molar-refractivity contribution in [2.24, 2.45) is 0 Å². The van der Waals surface area contributed by atoms with Gasteiger partial charge in [-0.3, -0.25) is 9.69 Å². The highest BCUT2D eigenvalue weighted by Crippen LogP contribution is 2.33. The molecule has 7 nitrogen and oxygen atoms in total. The van der Waals surface area contributed by atoms with E-state index in [9.17, 15) is 13.2 Å². The minimum Gasteiger partial charge on any atom is -1.00 e. The van der Waals surface area contributed by atoms with Crippen molar-refractivity contribution in [1.29, 1.82) is 0 Å². The van der Waals surface area contributed by atoms with Gasteiger partial charge < -0.3 is 17.3 Å². The fraction of sp³-hybridized carbons (Fsp3) is 0.391. The van der Waals surface area contributed by atoms with Gasteiger partial charge >= 0.3 is 0 Å². The van der Waals surface area contributed by atoms with Crippen LogP contribution in [0, 0.1) is 13.8 Å². The number of thiazole rings is 1. The fourth-order valence-electron chi connectivity index (χ4n) is 3.30. The van der Waals surface area contributed by atoms with Gasteiger partial charge in [0.15, 0.2) is 5.13 Å². The Morgan fingerprint density at radius 1 is 0.970 bits per heavy atom. The Morgan fingerprint density at radius 3 is 2.18 bits per heavy atom. The fourth-order valence-corrected chi connectivity index (χ4v) is 5.25. The Morgan fingerprint density at radius 2 is 1.61 bits per heavy atom. The molecule has 0 aliphatic rings. The molecule has 180 valence electrons. The molecule has 0 saturated carbocycles. The largest absolute Gasteiger partial charge is 1.00 e. The lowest BCUT2D eigenvalue weighted by Gasteiger charge is -2.21. The molecule has 0 N–H and O–H groups in total. The second-order valence-corrected chi connectivity index (χ2v) is 11.4. The van der Waals surface area contributed by atoms with Crippen LogP contribution in [-0.4, -0.2) is 69.8 Å². The maximum Gasteiger partial charge on any atom is 0.260 e. The van der Waals surface area contributed by atoms with Crippen LogP contribution < -0.4 is 17.3 Å². The molecule has 2 aromatic carbocycles. The summed E-state index contributed by atoms with van der Waals surface area (Å²) >= 11 is 1.50. The van der Waals surface area contributed by atoms with Gasteiger partial charge in [0, 0.05) is 26.2 Å². The number of anilines is 1. The quantitative estimate of drug-likeness (QED) is 0.448. The smallest absolute Gasteiger partial charge is 0.260 e. The minimum atomic E-state index is -3.55. The van der Waals surface area contributed by atoms with Crippen LogP contribution in [0.25, 0.3) is 10.2 Å². The van der Waals surface area contributed by atoms with Gasteiger partial charge in [-0.1, -0.05) is 17.4 Å². The van der Waals surface area contributed by atoms with Crippen LogP contribution in [0.4, 0.5) is 5.13 Å². The first kappa shape index (κ1) is 27.2. The van der Waals surface area contributed by atoms with Crippen LogP contribution in [-0.2, 0) is 10.0 Å². The number of aryl methyl sites for hydroxylation is 2. The van der Waals surface area contributed by atoms with E-state index >= 15 is 0 Å². The summed E-state index contributed by atoms with van der Waals surface area (Å²) in [6.07, 6.45) is 0.791. The topological polar surface area (TPSA) is 73.8 Å². The van der Waals surface area contributed by atoms with E-state index in [0.717, 1.165) is 38.6 Å². The number of nitrogens with zero attached hydrogens (tertiary/aromatic N) is 4. The first-order chi connectivity index (χ1) is 15.0. The van der Waals surface area contributed by atoms with E-state index in [1.807, 2.05) is 27.1 Å². The molecule has 0 aliphatic carbocycles. The molecule has 10 heteroatoms. The molecule has 0 atom stereocenters. The van der Waals surface area contributed by atoms with Crippen LogP contribution in [0.15, 0.2) is 41.3 Å². The molecule has 1 heterocycles. The third-order valence-electron chi connectivity index (χ3n) is 5.42. The van der Waals surface area contributed by atoms with Gasteiger partial charge in [-0.2, -0.15) is 0 Å². The number of carbonyl (C=O) groups is 1. The maximum atomic E-state index is 13.5. The van der Waals surface area contributed by atoms with E-state index < -0.39 is 10.0 Å². The minimum absolute atomic E-state index is 0. The molecular formula is C23H30ClN4O3S2-. The van der Waals surface area contributed by atoms with E-state index in [-0.39, 0.29) is 23.2 Å². The van der Waals surface area contributed by atoms with Gasteiger partial charge in [-0.15, -0.1) is 0 Å². The van der Waals surface area contributed by atoms with Crippen LogP contribution in [0.3, 0.4) is 0 Å². The van der Waals surface area contributed by atoms with E-state index in [4.69, 9.17) is 4.98 Å². The number of hydrogen-bond donors (Lipinski definition) is 0. The summed E-state index contributed by atoms with van der Waals surface area (Å²) in [4.78, 5) is 22.2. The van der Waals surface area contributed by atoms with Crippen molar-refractivity contribution in [2.75, 3.05) is 46.2 Å². The van der Waals surface area contributed by atoms with Gasteiger partial charge in [0.05, 0.1) is 15.1 Å². The summed E-state index contributed by atoms with van der Waals surface area (Å²) in [6, 6.07) is 10.2. The zero-order chi connectivity index (χ0) is 23.6. The Hall–Kier alpha value is -2.04. The maximum absolute atomic E-state index is 13.5. The van der Waals surface area contributed by atoms with Crippen molar-refractivity contribution in [3.63, 3.8) is 0 Å². The summed E-state index contributed by atoms with van der Waals surface area (Å²) in [7, 11) is 3.42. The second-order valence-electron chi connectivity index (χ2n) is 8.28. The van der Waals surface area contributed by atoms with Gasteiger partial charge in [0.2, 0.25) is 10.0 Å². The lowest BCUT2D eigenvalue weighted by molar-refractivity contribution is -0.0000167. The Labute approximate surface area is 206 Å². The monoisotopic (exact) mass is 509 g/mol. The van der Waals surface area contributed by atoms with Crippen molar-refractivity contribution in [1.82, 2.24) is 14.2 Å². The number of aromatic nitrogens is 1. The predicted octanol–water partition coefficient (Wildman–Crippen LogP) is 0.766. The molecule has 3 rings (SSSR count).